The van der Waals surface area contributed by atoms with E-state index >= 15 is 0 Å². The number of carbonyl (C=O) groups is 2. The molecular weight excluding hydrogens is 248 g/mol. The number of nitrogens with two attached hydrogens (primary N) is 1. The van der Waals surface area contributed by atoms with Gasteiger partial charge < -0.3 is 16.0 Å². The molecule has 7 nitrogen and oxygen atoms in total. The summed E-state index contributed by atoms with van der Waals surface area (Å²) in [5.74, 6) is -0.358. The van der Waals surface area contributed by atoms with Gasteiger partial charge in [-0.25, -0.2) is 0 Å². The molecule has 2 amide bonds. The molecule has 0 unspecified atom stereocenters. The van der Waals surface area contributed by atoms with Gasteiger partial charge in [-0.3, -0.25) is 19.9 Å². The summed E-state index contributed by atoms with van der Waals surface area (Å²) in [6.45, 7) is 6.71. The van der Waals surface area contributed by atoms with Crippen LogP contribution in [0.3, 0.4) is 0 Å². The summed E-state index contributed by atoms with van der Waals surface area (Å²) < 4.78 is 0. The normalized spacial score (nSPS) is 19.2. The lowest BCUT2D eigenvalue weighted by Gasteiger charge is -2.29. The summed E-state index contributed by atoms with van der Waals surface area (Å²) in [5.41, 5.74) is 8.93. The zero-order valence-electron chi connectivity index (χ0n) is 11.3. The number of allylic oxidation sites excluding steroid dienone is 1. The van der Waals surface area contributed by atoms with E-state index in [9.17, 15) is 9.59 Å². The standard InChI is InChI=1S/C12H22N4O3/c1-9(2)15-19-7-5-14-11(17)8-16-6-3-4-10(13)12(16)18/h10,15H,1,3-8,13H2,2H3,(H,14,17)/t10-/m0/s1. The first-order chi connectivity index (χ1) is 9.00. The molecule has 0 bridgehead atoms. The van der Waals surface area contributed by atoms with Gasteiger partial charge in [0, 0.05) is 18.8 Å². The summed E-state index contributed by atoms with van der Waals surface area (Å²) >= 11 is 0. The number of rotatable bonds is 7. The molecule has 0 saturated carbocycles. The quantitative estimate of drug-likeness (QED) is 0.412. The average Bonchev–Trinajstić information content (AvgIpc) is 2.34. The van der Waals surface area contributed by atoms with Gasteiger partial charge in [0.2, 0.25) is 11.8 Å². The number of likely N-dealkylation sites (tertiary alicyclic amines) is 1. The van der Waals surface area contributed by atoms with Crippen molar-refractivity contribution in [2.75, 3.05) is 26.2 Å². The van der Waals surface area contributed by atoms with Crippen molar-refractivity contribution in [1.82, 2.24) is 15.7 Å². The molecule has 1 saturated heterocycles. The van der Waals surface area contributed by atoms with Crippen molar-refractivity contribution < 1.29 is 14.4 Å². The first kappa shape index (κ1) is 15.5. The second kappa shape index (κ2) is 7.75. The van der Waals surface area contributed by atoms with Gasteiger partial charge in [0.1, 0.15) is 0 Å². The number of nitrogens with zero attached hydrogens (tertiary/aromatic N) is 1. The molecule has 0 aromatic heterocycles. The summed E-state index contributed by atoms with van der Waals surface area (Å²) in [6.07, 6.45) is 1.53. The molecule has 0 aromatic rings. The van der Waals surface area contributed by atoms with Crippen molar-refractivity contribution in [2.45, 2.75) is 25.8 Å². The molecular formula is C12H22N4O3. The van der Waals surface area contributed by atoms with E-state index in [4.69, 9.17) is 10.6 Å². The molecule has 1 aliphatic rings. The molecule has 0 aliphatic carbocycles. The fourth-order valence-corrected chi connectivity index (χ4v) is 1.77. The van der Waals surface area contributed by atoms with Crippen LogP contribution in [0, 0.1) is 0 Å². The Hall–Kier alpha value is -1.60. The van der Waals surface area contributed by atoms with Crippen LogP contribution in [0.4, 0.5) is 0 Å². The van der Waals surface area contributed by atoms with Crippen LogP contribution in [0.25, 0.3) is 0 Å². The van der Waals surface area contributed by atoms with Crippen molar-refractivity contribution in [3.8, 4) is 0 Å². The average molecular weight is 270 g/mol. The predicted octanol–water partition coefficient (Wildman–Crippen LogP) is -0.893. The summed E-state index contributed by atoms with van der Waals surface area (Å²) in [4.78, 5) is 29.8. The minimum Gasteiger partial charge on any atom is -0.352 e. The van der Waals surface area contributed by atoms with E-state index < -0.39 is 6.04 Å². The van der Waals surface area contributed by atoms with Gasteiger partial charge in [-0.05, 0) is 19.8 Å². The predicted molar refractivity (Wildman–Crippen MR) is 70.7 cm³/mol. The van der Waals surface area contributed by atoms with E-state index in [1.165, 1.54) is 4.90 Å². The second-order valence-electron chi connectivity index (χ2n) is 4.59. The van der Waals surface area contributed by atoms with E-state index in [-0.39, 0.29) is 18.4 Å². The fourth-order valence-electron chi connectivity index (χ4n) is 1.77. The molecule has 19 heavy (non-hydrogen) atoms. The summed E-state index contributed by atoms with van der Waals surface area (Å²) in [5, 5.41) is 2.67. The molecule has 7 heteroatoms. The Morgan fingerprint density at radius 2 is 2.37 bits per heavy atom. The lowest BCUT2D eigenvalue weighted by Crippen LogP contribution is -2.51. The number of piperidine rings is 1. The van der Waals surface area contributed by atoms with Gasteiger partial charge in [-0.1, -0.05) is 6.58 Å². The molecule has 0 spiro atoms. The van der Waals surface area contributed by atoms with Gasteiger partial charge in [0.15, 0.2) is 0 Å². The molecule has 1 rings (SSSR count). The Morgan fingerprint density at radius 3 is 3.05 bits per heavy atom. The summed E-state index contributed by atoms with van der Waals surface area (Å²) in [7, 11) is 0. The molecule has 1 fully saturated rings. The fraction of sp³-hybridized carbons (Fsp3) is 0.667. The molecule has 1 atom stereocenters. The molecule has 108 valence electrons. The van der Waals surface area contributed by atoms with E-state index in [1.807, 2.05) is 0 Å². The van der Waals surface area contributed by atoms with Crippen LogP contribution in [0.15, 0.2) is 12.3 Å². The van der Waals surface area contributed by atoms with E-state index in [0.717, 1.165) is 6.42 Å². The Labute approximate surface area is 113 Å². The number of hydroxylamine groups is 1. The molecule has 0 aromatic carbocycles. The van der Waals surface area contributed by atoms with Crippen LogP contribution in [0.2, 0.25) is 0 Å². The largest absolute Gasteiger partial charge is 0.352 e. The maximum Gasteiger partial charge on any atom is 0.239 e. The van der Waals surface area contributed by atoms with Crippen molar-refractivity contribution >= 4 is 11.8 Å². The van der Waals surface area contributed by atoms with Gasteiger partial charge in [-0.15, -0.1) is 0 Å². The SMILES string of the molecule is C=C(C)NOCCNC(=O)CN1CCC[C@H](N)C1=O. The third kappa shape index (κ3) is 5.71. The molecule has 0 radical (unpaired) electrons. The lowest BCUT2D eigenvalue weighted by molar-refractivity contribution is -0.139. The number of carbonyl (C=O) groups excluding carboxylic acids is 2. The van der Waals surface area contributed by atoms with Gasteiger partial charge in [0.25, 0.3) is 0 Å². The van der Waals surface area contributed by atoms with Crippen LogP contribution >= 0.6 is 0 Å². The maximum atomic E-state index is 11.7. The monoisotopic (exact) mass is 270 g/mol. The van der Waals surface area contributed by atoms with Crippen LogP contribution in [0.1, 0.15) is 19.8 Å². The van der Waals surface area contributed by atoms with Crippen LogP contribution < -0.4 is 16.5 Å². The zero-order valence-corrected chi connectivity index (χ0v) is 11.3. The Balaban J connectivity index is 2.16. The highest BCUT2D eigenvalue weighted by molar-refractivity contribution is 5.87. The third-order valence-corrected chi connectivity index (χ3v) is 2.68. The number of hydrogen-bond acceptors (Lipinski definition) is 5. The minimum absolute atomic E-state index is 0.0560. The number of amides is 2. The highest BCUT2D eigenvalue weighted by Crippen LogP contribution is 2.08. The first-order valence-electron chi connectivity index (χ1n) is 6.35. The van der Waals surface area contributed by atoms with E-state index in [2.05, 4.69) is 17.4 Å². The number of nitrogens with one attached hydrogen (secondary N) is 2. The molecule has 4 N–H and O–H groups in total. The first-order valence-corrected chi connectivity index (χ1v) is 6.35. The van der Waals surface area contributed by atoms with Crippen molar-refractivity contribution in [1.29, 1.82) is 0 Å². The van der Waals surface area contributed by atoms with Gasteiger partial charge in [0.05, 0.1) is 19.2 Å². The highest BCUT2D eigenvalue weighted by Gasteiger charge is 2.26. The summed E-state index contributed by atoms with van der Waals surface area (Å²) in [6, 6.07) is -0.468. The van der Waals surface area contributed by atoms with Gasteiger partial charge >= 0.3 is 0 Å². The van der Waals surface area contributed by atoms with Crippen molar-refractivity contribution in [3.63, 3.8) is 0 Å². The number of hydrogen-bond donors (Lipinski definition) is 3. The molecule has 1 aliphatic heterocycles. The topological polar surface area (TPSA) is 96.7 Å². The molecule has 1 heterocycles. The van der Waals surface area contributed by atoms with E-state index in [0.29, 0.717) is 31.8 Å². The Bertz CT molecular complexity index is 346. The second-order valence-corrected chi connectivity index (χ2v) is 4.59. The van der Waals surface area contributed by atoms with Crippen LogP contribution in [-0.2, 0) is 14.4 Å². The highest BCUT2D eigenvalue weighted by atomic mass is 16.6. The van der Waals surface area contributed by atoms with Crippen molar-refractivity contribution in [3.05, 3.63) is 12.3 Å². The lowest BCUT2D eigenvalue weighted by atomic mass is 10.1. The van der Waals surface area contributed by atoms with Gasteiger partial charge in [-0.2, -0.15) is 0 Å². The zero-order chi connectivity index (χ0) is 14.3. The van der Waals surface area contributed by atoms with Crippen LogP contribution in [-0.4, -0.2) is 49.0 Å². The van der Waals surface area contributed by atoms with E-state index in [1.54, 1.807) is 6.92 Å². The minimum atomic E-state index is -0.468. The smallest absolute Gasteiger partial charge is 0.239 e. The Morgan fingerprint density at radius 1 is 1.63 bits per heavy atom. The maximum absolute atomic E-state index is 11.7. The van der Waals surface area contributed by atoms with Crippen LogP contribution in [0.5, 0.6) is 0 Å². The third-order valence-electron chi connectivity index (χ3n) is 2.68. The Kier molecular flexibility index (Phi) is 6.31. The van der Waals surface area contributed by atoms with Crippen molar-refractivity contribution in [2.24, 2.45) is 5.73 Å².